The molecule has 0 saturated carbocycles. The minimum absolute atomic E-state index is 0.0675. The van der Waals surface area contributed by atoms with E-state index in [1.807, 2.05) is 6.92 Å². The molecule has 1 heterocycles. The van der Waals surface area contributed by atoms with Gasteiger partial charge in [-0.05, 0) is 6.92 Å². The van der Waals surface area contributed by atoms with E-state index >= 15 is 0 Å². The van der Waals surface area contributed by atoms with E-state index in [1.165, 1.54) is 16.7 Å². The van der Waals surface area contributed by atoms with E-state index in [1.54, 1.807) is 7.11 Å². The molecule has 1 aromatic rings. The Morgan fingerprint density at radius 1 is 1.48 bits per heavy atom. The number of thioether (sulfide) groups is 1. The van der Waals surface area contributed by atoms with E-state index in [2.05, 4.69) is 36.5 Å². The average Bonchev–Trinajstić information content (AvgIpc) is 2.87. The summed E-state index contributed by atoms with van der Waals surface area (Å²) >= 11 is 1.27. The van der Waals surface area contributed by atoms with Crippen LogP contribution < -0.4 is 10.2 Å². The highest BCUT2D eigenvalue weighted by molar-refractivity contribution is 8.00. The SMILES string of the molecule is CC[C@@H](c1nnc(S[C@@H](C)C(=O)NCCOC)o1)[NH+](C)C. The molecule has 1 amide bonds. The first-order valence-electron chi connectivity index (χ1n) is 7.06. The van der Waals surface area contributed by atoms with Crippen molar-refractivity contribution in [2.45, 2.75) is 36.8 Å². The van der Waals surface area contributed by atoms with Gasteiger partial charge >= 0.3 is 0 Å². The molecule has 0 spiro atoms. The van der Waals surface area contributed by atoms with E-state index in [0.717, 1.165) is 6.42 Å². The molecule has 8 heteroatoms. The van der Waals surface area contributed by atoms with Crippen LogP contribution in [0.2, 0.25) is 0 Å². The number of carbonyl (C=O) groups is 1. The quantitative estimate of drug-likeness (QED) is 0.489. The monoisotopic (exact) mass is 317 g/mol. The van der Waals surface area contributed by atoms with Crippen molar-refractivity contribution in [3.63, 3.8) is 0 Å². The minimum atomic E-state index is -0.290. The van der Waals surface area contributed by atoms with Crippen LogP contribution in [0, 0.1) is 0 Å². The molecule has 7 nitrogen and oxygen atoms in total. The lowest BCUT2D eigenvalue weighted by molar-refractivity contribution is -0.894. The van der Waals surface area contributed by atoms with Gasteiger partial charge in [-0.2, -0.15) is 0 Å². The van der Waals surface area contributed by atoms with Gasteiger partial charge < -0.3 is 19.4 Å². The largest absolute Gasteiger partial charge is 0.410 e. The number of rotatable bonds is 9. The maximum absolute atomic E-state index is 11.8. The average molecular weight is 317 g/mol. The first kappa shape index (κ1) is 17.9. The van der Waals surface area contributed by atoms with Gasteiger partial charge in [0.2, 0.25) is 5.91 Å². The molecule has 2 atom stereocenters. The number of hydrogen-bond donors (Lipinski definition) is 2. The molecule has 1 rings (SSSR count). The number of carbonyl (C=O) groups excluding carboxylic acids is 1. The second kappa shape index (κ2) is 9.01. The van der Waals surface area contributed by atoms with Gasteiger partial charge in [0, 0.05) is 20.1 Å². The third-order valence-corrected chi connectivity index (χ3v) is 4.01. The van der Waals surface area contributed by atoms with Crippen LogP contribution >= 0.6 is 11.8 Å². The van der Waals surface area contributed by atoms with Crippen LogP contribution in [0.25, 0.3) is 0 Å². The molecular formula is C13H25N4O3S+. The highest BCUT2D eigenvalue weighted by atomic mass is 32.2. The first-order valence-corrected chi connectivity index (χ1v) is 7.94. The zero-order valence-electron chi connectivity index (χ0n) is 13.3. The second-order valence-corrected chi connectivity index (χ2v) is 6.28. The molecule has 120 valence electrons. The zero-order chi connectivity index (χ0) is 15.8. The third kappa shape index (κ3) is 5.64. The number of methoxy groups -OCH3 is 1. The van der Waals surface area contributed by atoms with E-state index in [4.69, 9.17) is 9.15 Å². The molecule has 1 aromatic heterocycles. The van der Waals surface area contributed by atoms with Crippen LogP contribution in [0.3, 0.4) is 0 Å². The highest BCUT2D eigenvalue weighted by Gasteiger charge is 2.24. The van der Waals surface area contributed by atoms with Crippen molar-refractivity contribution in [3.05, 3.63) is 5.89 Å². The van der Waals surface area contributed by atoms with Gasteiger partial charge in [0.25, 0.3) is 11.1 Å². The van der Waals surface area contributed by atoms with Crippen LogP contribution in [0.4, 0.5) is 0 Å². The Balaban J connectivity index is 2.55. The van der Waals surface area contributed by atoms with Gasteiger partial charge in [0.15, 0.2) is 6.04 Å². The molecule has 2 N–H and O–H groups in total. The Morgan fingerprint density at radius 3 is 2.76 bits per heavy atom. The Kier molecular flexibility index (Phi) is 7.69. The van der Waals surface area contributed by atoms with E-state index in [9.17, 15) is 4.79 Å². The fourth-order valence-corrected chi connectivity index (χ4v) is 2.58. The lowest BCUT2D eigenvalue weighted by atomic mass is 10.2. The molecule has 0 aliphatic heterocycles. The molecule has 0 bridgehead atoms. The van der Waals surface area contributed by atoms with Crippen molar-refractivity contribution < 1.29 is 18.8 Å². The molecule has 0 aliphatic rings. The van der Waals surface area contributed by atoms with Crippen molar-refractivity contribution in [3.8, 4) is 0 Å². The molecule has 0 aliphatic carbocycles. The molecule has 0 saturated heterocycles. The van der Waals surface area contributed by atoms with Crippen LogP contribution in [0.15, 0.2) is 9.64 Å². The van der Waals surface area contributed by atoms with E-state index in [-0.39, 0.29) is 17.2 Å². The predicted octanol–water partition coefficient (Wildman–Crippen LogP) is -0.0916. The van der Waals surface area contributed by atoms with Gasteiger partial charge in [-0.1, -0.05) is 18.7 Å². The van der Waals surface area contributed by atoms with Crippen molar-refractivity contribution >= 4 is 17.7 Å². The summed E-state index contributed by atoms with van der Waals surface area (Å²) in [6.07, 6.45) is 0.918. The predicted molar refractivity (Wildman–Crippen MR) is 80.3 cm³/mol. The molecule has 0 unspecified atom stereocenters. The fourth-order valence-electron chi connectivity index (χ4n) is 1.86. The van der Waals surface area contributed by atoms with Crippen LogP contribution in [-0.2, 0) is 9.53 Å². The van der Waals surface area contributed by atoms with Crippen molar-refractivity contribution in [2.24, 2.45) is 0 Å². The number of hydrogen-bond acceptors (Lipinski definition) is 6. The van der Waals surface area contributed by atoms with Gasteiger partial charge in [-0.3, -0.25) is 4.79 Å². The standard InChI is InChI=1S/C13H24N4O3S/c1-6-10(17(3)4)12-15-16-13(20-12)21-9(2)11(18)14-7-8-19-5/h9-10H,6-8H2,1-5H3,(H,14,18)/p+1/t9-,10-/m0/s1. The summed E-state index contributed by atoms with van der Waals surface area (Å²) in [6, 6.07) is 0.178. The molecule has 0 aromatic carbocycles. The minimum Gasteiger partial charge on any atom is -0.410 e. The van der Waals surface area contributed by atoms with Gasteiger partial charge in [-0.15, -0.1) is 10.2 Å². The Bertz CT molecular complexity index is 439. The maximum atomic E-state index is 11.8. The fraction of sp³-hybridized carbons (Fsp3) is 0.769. The number of quaternary nitrogens is 1. The van der Waals surface area contributed by atoms with Crippen LogP contribution in [-0.4, -0.2) is 55.7 Å². The Labute approximate surface area is 129 Å². The first-order chi connectivity index (χ1) is 9.99. The summed E-state index contributed by atoms with van der Waals surface area (Å²) in [4.78, 5) is 13.1. The van der Waals surface area contributed by atoms with E-state index < -0.39 is 0 Å². The summed E-state index contributed by atoms with van der Waals surface area (Å²) in [5.74, 6) is 0.550. The van der Waals surface area contributed by atoms with Gasteiger partial charge in [0.05, 0.1) is 26.0 Å². The normalized spacial score (nSPS) is 14.2. The van der Waals surface area contributed by atoms with Gasteiger partial charge in [0.1, 0.15) is 0 Å². The second-order valence-electron chi connectivity index (χ2n) is 4.99. The Hall–Kier alpha value is -1.12. The number of nitrogens with one attached hydrogen (secondary N) is 2. The topological polar surface area (TPSA) is 81.7 Å². The van der Waals surface area contributed by atoms with Crippen molar-refractivity contribution in [1.29, 1.82) is 0 Å². The van der Waals surface area contributed by atoms with Gasteiger partial charge in [-0.25, -0.2) is 0 Å². The maximum Gasteiger partial charge on any atom is 0.277 e. The number of ether oxygens (including phenoxy) is 1. The number of nitrogens with zero attached hydrogens (tertiary/aromatic N) is 2. The zero-order valence-corrected chi connectivity index (χ0v) is 14.1. The van der Waals surface area contributed by atoms with Crippen LogP contribution in [0.5, 0.6) is 0 Å². The summed E-state index contributed by atoms with van der Waals surface area (Å²) in [5.41, 5.74) is 0. The lowest BCUT2D eigenvalue weighted by Gasteiger charge is -2.15. The van der Waals surface area contributed by atoms with Crippen molar-refractivity contribution in [1.82, 2.24) is 15.5 Å². The summed E-state index contributed by atoms with van der Waals surface area (Å²) in [5, 5.41) is 11.0. The third-order valence-electron chi connectivity index (χ3n) is 3.08. The molecule has 21 heavy (non-hydrogen) atoms. The highest BCUT2D eigenvalue weighted by Crippen LogP contribution is 2.23. The summed E-state index contributed by atoms with van der Waals surface area (Å²) in [6.45, 7) is 4.89. The summed E-state index contributed by atoms with van der Waals surface area (Å²) in [7, 11) is 5.70. The van der Waals surface area contributed by atoms with Crippen molar-refractivity contribution in [2.75, 3.05) is 34.4 Å². The molecular weight excluding hydrogens is 292 g/mol. The van der Waals surface area contributed by atoms with E-state index in [0.29, 0.717) is 24.3 Å². The molecule has 0 fully saturated rings. The smallest absolute Gasteiger partial charge is 0.277 e. The van der Waals surface area contributed by atoms with Crippen LogP contribution in [0.1, 0.15) is 32.2 Å². The Morgan fingerprint density at radius 2 is 2.19 bits per heavy atom. The lowest BCUT2D eigenvalue weighted by Crippen LogP contribution is -3.06. The number of aromatic nitrogens is 2. The summed E-state index contributed by atoms with van der Waals surface area (Å²) < 4.78 is 10.5. The number of amides is 1. The molecule has 0 radical (unpaired) electrons.